The topological polar surface area (TPSA) is 52.6 Å². The van der Waals surface area contributed by atoms with Gasteiger partial charge in [0.05, 0.1) is 0 Å². The fourth-order valence-electron chi connectivity index (χ4n) is 3.37. The largest absolute Gasteiger partial charge is 0.480 e. The minimum absolute atomic E-state index is 0.439. The number of hydrogen-bond acceptors (Lipinski definition) is 3. The standard InChI is InChI=1S/C16H30N2O2/c1-3-14-7-4-5-11-18(14)12-6-10-16(2,15(19)20)17-13-8-9-13/h13-14,17H,3-12H2,1-2H3,(H,19,20). The first-order valence-corrected chi connectivity index (χ1v) is 8.30. The molecule has 2 N–H and O–H groups in total. The smallest absolute Gasteiger partial charge is 0.323 e. The van der Waals surface area contributed by atoms with Crippen LogP contribution in [-0.2, 0) is 4.79 Å². The molecular weight excluding hydrogens is 252 g/mol. The third kappa shape index (κ3) is 4.19. The normalized spacial score (nSPS) is 27.2. The predicted molar refractivity (Wildman–Crippen MR) is 80.9 cm³/mol. The van der Waals surface area contributed by atoms with Crippen molar-refractivity contribution < 1.29 is 9.90 Å². The van der Waals surface area contributed by atoms with Gasteiger partial charge in [0.2, 0.25) is 0 Å². The molecule has 1 aliphatic carbocycles. The monoisotopic (exact) mass is 282 g/mol. The van der Waals surface area contributed by atoms with E-state index in [9.17, 15) is 9.90 Å². The molecule has 0 spiro atoms. The van der Waals surface area contributed by atoms with Gasteiger partial charge in [-0.1, -0.05) is 13.3 Å². The van der Waals surface area contributed by atoms with Crippen molar-refractivity contribution in [2.45, 2.75) is 82.8 Å². The molecule has 2 rings (SSSR count). The Morgan fingerprint density at radius 2 is 2.10 bits per heavy atom. The molecule has 2 fully saturated rings. The molecule has 0 aromatic rings. The zero-order valence-electron chi connectivity index (χ0n) is 13.0. The Hall–Kier alpha value is -0.610. The summed E-state index contributed by atoms with van der Waals surface area (Å²) in [6, 6.07) is 1.16. The predicted octanol–water partition coefficient (Wildman–Crippen LogP) is 2.63. The maximum absolute atomic E-state index is 11.5. The van der Waals surface area contributed by atoms with Gasteiger partial charge in [0.25, 0.3) is 0 Å². The molecule has 2 aliphatic rings. The number of nitrogens with zero attached hydrogens (tertiary/aromatic N) is 1. The van der Waals surface area contributed by atoms with Crippen molar-refractivity contribution in [1.29, 1.82) is 0 Å². The van der Waals surface area contributed by atoms with Gasteiger partial charge in [0.15, 0.2) is 0 Å². The van der Waals surface area contributed by atoms with Crippen LogP contribution in [0.25, 0.3) is 0 Å². The Kier molecular flexibility index (Phi) is 5.44. The van der Waals surface area contributed by atoms with E-state index in [0.717, 1.165) is 38.3 Å². The second-order valence-corrected chi connectivity index (χ2v) is 6.75. The Morgan fingerprint density at radius 1 is 1.35 bits per heavy atom. The summed E-state index contributed by atoms with van der Waals surface area (Å²) in [7, 11) is 0. The maximum Gasteiger partial charge on any atom is 0.323 e. The Morgan fingerprint density at radius 3 is 2.70 bits per heavy atom. The molecule has 4 heteroatoms. The lowest BCUT2D eigenvalue weighted by Crippen LogP contribution is -2.51. The van der Waals surface area contributed by atoms with Crippen LogP contribution in [0.5, 0.6) is 0 Å². The zero-order valence-corrected chi connectivity index (χ0v) is 13.0. The van der Waals surface area contributed by atoms with E-state index in [1.807, 2.05) is 6.92 Å². The lowest BCUT2D eigenvalue weighted by atomic mass is 9.94. The van der Waals surface area contributed by atoms with Gasteiger partial charge < -0.3 is 10.0 Å². The molecule has 0 aromatic heterocycles. The molecule has 1 saturated heterocycles. The van der Waals surface area contributed by atoms with Crippen molar-refractivity contribution in [3.05, 3.63) is 0 Å². The molecule has 0 radical (unpaired) electrons. The van der Waals surface area contributed by atoms with Gasteiger partial charge in [-0.15, -0.1) is 0 Å². The minimum atomic E-state index is -0.737. The van der Waals surface area contributed by atoms with Crippen molar-refractivity contribution in [2.75, 3.05) is 13.1 Å². The number of piperidine rings is 1. The summed E-state index contributed by atoms with van der Waals surface area (Å²) < 4.78 is 0. The van der Waals surface area contributed by atoms with Crippen LogP contribution >= 0.6 is 0 Å². The molecule has 1 saturated carbocycles. The maximum atomic E-state index is 11.5. The Balaban J connectivity index is 1.78. The Labute approximate surface area is 122 Å². The van der Waals surface area contributed by atoms with E-state index in [0.29, 0.717) is 6.04 Å². The van der Waals surface area contributed by atoms with E-state index in [-0.39, 0.29) is 0 Å². The molecule has 116 valence electrons. The highest BCUT2D eigenvalue weighted by Crippen LogP contribution is 2.26. The van der Waals surface area contributed by atoms with Gasteiger partial charge in [-0.25, -0.2) is 0 Å². The molecule has 0 amide bonds. The summed E-state index contributed by atoms with van der Waals surface area (Å²) in [6.07, 6.45) is 9.15. The summed E-state index contributed by atoms with van der Waals surface area (Å²) in [6.45, 7) is 6.35. The highest BCUT2D eigenvalue weighted by atomic mass is 16.4. The summed E-state index contributed by atoms with van der Waals surface area (Å²) in [4.78, 5) is 14.1. The molecular formula is C16H30N2O2. The number of nitrogens with one attached hydrogen (secondary N) is 1. The first kappa shape index (κ1) is 15.8. The third-order valence-corrected chi connectivity index (χ3v) is 4.91. The lowest BCUT2D eigenvalue weighted by molar-refractivity contribution is -0.144. The quantitative estimate of drug-likeness (QED) is 0.718. The first-order valence-electron chi connectivity index (χ1n) is 8.30. The summed E-state index contributed by atoms with van der Waals surface area (Å²) >= 11 is 0. The molecule has 0 aromatic carbocycles. The van der Waals surface area contributed by atoms with Gasteiger partial charge in [-0.05, 0) is 65.0 Å². The van der Waals surface area contributed by atoms with Crippen LogP contribution in [0.2, 0.25) is 0 Å². The van der Waals surface area contributed by atoms with Gasteiger partial charge in [0.1, 0.15) is 5.54 Å². The van der Waals surface area contributed by atoms with E-state index in [1.165, 1.54) is 32.2 Å². The number of hydrogen-bond donors (Lipinski definition) is 2. The van der Waals surface area contributed by atoms with Crippen LogP contribution in [0.15, 0.2) is 0 Å². The van der Waals surface area contributed by atoms with Gasteiger partial charge >= 0.3 is 5.97 Å². The average molecular weight is 282 g/mol. The van der Waals surface area contributed by atoms with Crippen LogP contribution in [0.3, 0.4) is 0 Å². The molecule has 2 unspecified atom stereocenters. The SMILES string of the molecule is CCC1CCCCN1CCCC(C)(NC1CC1)C(=O)O. The van der Waals surface area contributed by atoms with E-state index < -0.39 is 11.5 Å². The van der Waals surface area contributed by atoms with Gasteiger partial charge in [-0.2, -0.15) is 0 Å². The van der Waals surface area contributed by atoms with Crippen LogP contribution in [0.1, 0.15) is 65.2 Å². The number of carboxylic acid groups (broad SMARTS) is 1. The van der Waals surface area contributed by atoms with Crippen LogP contribution in [0, 0.1) is 0 Å². The second kappa shape index (κ2) is 6.90. The minimum Gasteiger partial charge on any atom is -0.480 e. The number of carboxylic acids is 1. The van der Waals surface area contributed by atoms with Crippen molar-refractivity contribution in [3.8, 4) is 0 Å². The fraction of sp³-hybridized carbons (Fsp3) is 0.938. The zero-order chi connectivity index (χ0) is 14.6. The van der Waals surface area contributed by atoms with E-state index in [1.54, 1.807) is 0 Å². The van der Waals surface area contributed by atoms with Gasteiger partial charge in [0, 0.05) is 12.1 Å². The lowest BCUT2D eigenvalue weighted by Gasteiger charge is -2.36. The van der Waals surface area contributed by atoms with E-state index >= 15 is 0 Å². The summed E-state index contributed by atoms with van der Waals surface area (Å²) in [5.74, 6) is -0.699. The Bertz CT molecular complexity index is 330. The van der Waals surface area contributed by atoms with E-state index in [4.69, 9.17) is 0 Å². The molecule has 20 heavy (non-hydrogen) atoms. The molecule has 1 aliphatic heterocycles. The fourth-order valence-corrected chi connectivity index (χ4v) is 3.37. The molecule has 4 nitrogen and oxygen atoms in total. The molecule has 1 heterocycles. The van der Waals surface area contributed by atoms with E-state index in [2.05, 4.69) is 17.1 Å². The summed E-state index contributed by atoms with van der Waals surface area (Å²) in [5, 5.41) is 12.8. The highest BCUT2D eigenvalue weighted by molar-refractivity contribution is 5.78. The van der Waals surface area contributed by atoms with Crippen LogP contribution < -0.4 is 5.32 Å². The number of aliphatic carboxylic acids is 1. The number of carbonyl (C=O) groups is 1. The highest BCUT2D eigenvalue weighted by Gasteiger charge is 2.38. The van der Waals surface area contributed by atoms with Crippen molar-refractivity contribution in [1.82, 2.24) is 10.2 Å². The number of rotatable bonds is 8. The van der Waals surface area contributed by atoms with Crippen molar-refractivity contribution in [3.63, 3.8) is 0 Å². The van der Waals surface area contributed by atoms with Crippen LogP contribution in [-0.4, -0.2) is 46.7 Å². The molecule has 2 atom stereocenters. The van der Waals surface area contributed by atoms with Crippen LogP contribution in [0.4, 0.5) is 0 Å². The van der Waals surface area contributed by atoms with Crippen molar-refractivity contribution >= 4 is 5.97 Å². The first-order chi connectivity index (χ1) is 9.55. The second-order valence-electron chi connectivity index (χ2n) is 6.75. The number of likely N-dealkylation sites (tertiary alicyclic amines) is 1. The third-order valence-electron chi connectivity index (χ3n) is 4.91. The molecule has 0 bridgehead atoms. The average Bonchev–Trinajstić information content (AvgIpc) is 3.23. The summed E-state index contributed by atoms with van der Waals surface area (Å²) in [5.41, 5.74) is -0.737. The van der Waals surface area contributed by atoms with Gasteiger partial charge in [-0.3, -0.25) is 10.1 Å². The van der Waals surface area contributed by atoms with Crippen molar-refractivity contribution in [2.24, 2.45) is 0 Å².